The number of aldehydes is 1. The lowest BCUT2D eigenvalue weighted by molar-refractivity contribution is 0.112. The van der Waals surface area contributed by atoms with Gasteiger partial charge in [-0.25, -0.2) is 0 Å². The van der Waals surface area contributed by atoms with Crippen molar-refractivity contribution in [3.05, 3.63) is 64.1 Å². The van der Waals surface area contributed by atoms with Crippen LogP contribution in [0.15, 0.2) is 53.0 Å². The van der Waals surface area contributed by atoms with Gasteiger partial charge in [-0.1, -0.05) is 28.1 Å². The highest BCUT2D eigenvalue weighted by molar-refractivity contribution is 9.10. The summed E-state index contributed by atoms with van der Waals surface area (Å²) in [5, 5.41) is 0. The first kappa shape index (κ1) is 11.9. The molecule has 2 aromatic rings. The van der Waals surface area contributed by atoms with Crippen molar-refractivity contribution < 1.29 is 9.53 Å². The minimum atomic E-state index is 0.514. The third-order valence-corrected chi connectivity index (χ3v) is 2.80. The zero-order valence-corrected chi connectivity index (χ0v) is 10.7. The fourth-order valence-electron chi connectivity index (χ4n) is 1.44. The highest BCUT2D eigenvalue weighted by Crippen LogP contribution is 2.16. The molecule has 0 unspecified atom stereocenters. The molecule has 0 fully saturated rings. The Labute approximate surface area is 108 Å². The predicted octanol–water partition coefficient (Wildman–Crippen LogP) is 3.84. The standard InChI is InChI=1S/C14H11BrO2/c15-13-3-1-2-12(8-13)10-17-14-6-4-11(9-16)5-7-14/h1-9H,10H2. The van der Waals surface area contributed by atoms with Gasteiger partial charge in [0.1, 0.15) is 18.6 Å². The van der Waals surface area contributed by atoms with Crippen molar-refractivity contribution in [1.29, 1.82) is 0 Å². The normalized spacial score (nSPS) is 9.94. The van der Waals surface area contributed by atoms with Crippen LogP contribution >= 0.6 is 15.9 Å². The summed E-state index contributed by atoms with van der Waals surface area (Å²) in [4.78, 5) is 10.5. The van der Waals surface area contributed by atoms with Gasteiger partial charge in [0.15, 0.2) is 0 Å². The van der Waals surface area contributed by atoms with Gasteiger partial charge in [-0.05, 0) is 42.0 Å². The van der Waals surface area contributed by atoms with Gasteiger partial charge in [0.05, 0.1) is 0 Å². The highest BCUT2D eigenvalue weighted by atomic mass is 79.9. The molecular weight excluding hydrogens is 280 g/mol. The SMILES string of the molecule is O=Cc1ccc(OCc2cccc(Br)c2)cc1. The molecule has 86 valence electrons. The third kappa shape index (κ3) is 3.43. The number of hydrogen-bond donors (Lipinski definition) is 0. The molecule has 0 saturated carbocycles. The minimum absolute atomic E-state index is 0.514. The van der Waals surface area contributed by atoms with E-state index in [1.54, 1.807) is 24.3 Å². The van der Waals surface area contributed by atoms with Crippen LogP contribution in [0.25, 0.3) is 0 Å². The smallest absolute Gasteiger partial charge is 0.150 e. The Balaban J connectivity index is 1.99. The maximum Gasteiger partial charge on any atom is 0.150 e. The lowest BCUT2D eigenvalue weighted by atomic mass is 10.2. The van der Waals surface area contributed by atoms with Gasteiger partial charge >= 0.3 is 0 Å². The van der Waals surface area contributed by atoms with Crippen molar-refractivity contribution in [3.63, 3.8) is 0 Å². The summed E-state index contributed by atoms with van der Waals surface area (Å²) >= 11 is 3.41. The summed E-state index contributed by atoms with van der Waals surface area (Å²) in [6, 6.07) is 15.0. The molecule has 0 aliphatic rings. The molecule has 0 spiro atoms. The summed E-state index contributed by atoms with van der Waals surface area (Å²) in [5.41, 5.74) is 1.75. The molecule has 0 bridgehead atoms. The molecule has 0 aromatic heterocycles. The summed E-state index contributed by atoms with van der Waals surface area (Å²) in [6.45, 7) is 0.514. The number of rotatable bonds is 4. The topological polar surface area (TPSA) is 26.3 Å². The molecule has 0 radical (unpaired) electrons. The third-order valence-electron chi connectivity index (χ3n) is 2.31. The van der Waals surface area contributed by atoms with Crippen molar-refractivity contribution in [2.45, 2.75) is 6.61 Å². The summed E-state index contributed by atoms with van der Waals surface area (Å²) in [7, 11) is 0. The minimum Gasteiger partial charge on any atom is -0.489 e. The van der Waals surface area contributed by atoms with Crippen LogP contribution in [0.3, 0.4) is 0 Å². The second kappa shape index (κ2) is 5.64. The van der Waals surface area contributed by atoms with E-state index in [-0.39, 0.29) is 0 Å². The number of carbonyl (C=O) groups is 1. The van der Waals surface area contributed by atoms with Crippen LogP contribution in [0, 0.1) is 0 Å². The van der Waals surface area contributed by atoms with E-state index in [1.807, 2.05) is 24.3 Å². The number of halogens is 1. The second-order valence-electron chi connectivity index (χ2n) is 3.61. The average molecular weight is 291 g/mol. The lowest BCUT2D eigenvalue weighted by Gasteiger charge is -2.06. The van der Waals surface area contributed by atoms with Crippen molar-refractivity contribution in [1.82, 2.24) is 0 Å². The largest absolute Gasteiger partial charge is 0.489 e. The molecule has 2 nitrogen and oxygen atoms in total. The van der Waals surface area contributed by atoms with E-state index in [2.05, 4.69) is 15.9 Å². The van der Waals surface area contributed by atoms with Crippen molar-refractivity contribution >= 4 is 22.2 Å². The molecule has 0 aliphatic heterocycles. The monoisotopic (exact) mass is 290 g/mol. The van der Waals surface area contributed by atoms with E-state index < -0.39 is 0 Å². The Bertz CT molecular complexity index is 506. The number of hydrogen-bond acceptors (Lipinski definition) is 2. The van der Waals surface area contributed by atoms with Gasteiger partial charge in [0.25, 0.3) is 0 Å². The van der Waals surface area contributed by atoms with Gasteiger partial charge in [-0.3, -0.25) is 4.79 Å². The molecule has 2 aromatic carbocycles. The Hall–Kier alpha value is -1.61. The first-order valence-corrected chi connectivity index (χ1v) is 6.00. The molecule has 0 heterocycles. The summed E-state index contributed by atoms with van der Waals surface area (Å²) < 4.78 is 6.65. The van der Waals surface area contributed by atoms with Crippen molar-refractivity contribution in [2.75, 3.05) is 0 Å². The van der Waals surface area contributed by atoms with Gasteiger partial charge in [0, 0.05) is 10.0 Å². The predicted molar refractivity (Wildman–Crippen MR) is 70.3 cm³/mol. The Morgan fingerprint density at radius 1 is 1.12 bits per heavy atom. The van der Waals surface area contributed by atoms with Gasteiger partial charge in [-0.2, -0.15) is 0 Å². The Morgan fingerprint density at radius 3 is 2.53 bits per heavy atom. The van der Waals surface area contributed by atoms with E-state index in [9.17, 15) is 4.79 Å². The van der Waals surface area contributed by atoms with Crippen molar-refractivity contribution in [2.24, 2.45) is 0 Å². The second-order valence-corrected chi connectivity index (χ2v) is 4.52. The molecule has 0 atom stereocenters. The fraction of sp³-hybridized carbons (Fsp3) is 0.0714. The van der Waals surface area contributed by atoms with E-state index in [1.165, 1.54) is 0 Å². The van der Waals surface area contributed by atoms with Crippen LogP contribution in [-0.4, -0.2) is 6.29 Å². The zero-order chi connectivity index (χ0) is 12.1. The Morgan fingerprint density at radius 2 is 1.88 bits per heavy atom. The summed E-state index contributed by atoms with van der Waals surface area (Å²) in [6.07, 6.45) is 0.818. The van der Waals surface area contributed by atoms with Crippen LogP contribution in [-0.2, 0) is 6.61 Å². The molecule has 0 amide bonds. The quantitative estimate of drug-likeness (QED) is 0.800. The van der Waals surface area contributed by atoms with Crippen LogP contribution in [0.1, 0.15) is 15.9 Å². The van der Waals surface area contributed by atoms with E-state index in [0.29, 0.717) is 12.2 Å². The van der Waals surface area contributed by atoms with E-state index in [4.69, 9.17) is 4.74 Å². The number of benzene rings is 2. The maximum absolute atomic E-state index is 10.5. The molecule has 2 rings (SSSR count). The zero-order valence-electron chi connectivity index (χ0n) is 9.10. The number of ether oxygens (including phenoxy) is 1. The van der Waals surface area contributed by atoms with Gasteiger partial charge < -0.3 is 4.74 Å². The molecule has 3 heteroatoms. The van der Waals surface area contributed by atoms with Crippen LogP contribution in [0.2, 0.25) is 0 Å². The molecule has 0 N–H and O–H groups in total. The molecular formula is C14H11BrO2. The van der Waals surface area contributed by atoms with E-state index >= 15 is 0 Å². The molecule has 0 saturated heterocycles. The Kier molecular flexibility index (Phi) is 3.94. The average Bonchev–Trinajstić information content (AvgIpc) is 2.37. The first-order chi connectivity index (χ1) is 8.28. The van der Waals surface area contributed by atoms with Crippen molar-refractivity contribution in [3.8, 4) is 5.75 Å². The first-order valence-electron chi connectivity index (χ1n) is 5.20. The summed E-state index contributed by atoms with van der Waals surface area (Å²) in [5.74, 6) is 0.760. The lowest BCUT2D eigenvalue weighted by Crippen LogP contribution is -1.95. The van der Waals surface area contributed by atoms with Gasteiger partial charge in [0.2, 0.25) is 0 Å². The van der Waals surface area contributed by atoms with Crippen LogP contribution in [0.5, 0.6) is 5.75 Å². The maximum atomic E-state index is 10.5. The fourth-order valence-corrected chi connectivity index (χ4v) is 1.88. The number of carbonyl (C=O) groups excluding carboxylic acids is 1. The van der Waals surface area contributed by atoms with Gasteiger partial charge in [-0.15, -0.1) is 0 Å². The molecule has 17 heavy (non-hydrogen) atoms. The van der Waals surface area contributed by atoms with E-state index in [0.717, 1.165) is 22.1 Å². The van der Waals surface area contributed by atoms with Crippen LogP contribution in [0.4, 0.5) is 0 Å². The highest BCUT2D eigenvalue weighted by Gasteiger charge is 1.97. The molecule has 0 aliphatic carbocycles. The van der Waals surface area contributed by atoms with Crippen LogP contribution < -0.4 is 4.74 Å².